The van der Waals surface area contributed by atoms with Crippen LogP contribution in [0.4, 0.5) is 0 Å². The molecule has 11 heteroatoms. The number of sulfone groups is 1. The van der Waals surface area contributed by atoms with Gasteiger partial charge in [-0.1, -0.05) is 35.9 Å². The molecule has 1 aromatic heterocycles. The summed E-state index contributed by atoms with van der Waals surface area (Å²) in [5, 5.41) is 8.40. The van der Waals surface area contributed by atoms with Crippen LogP contribution in [-0.2, 0) is 24.7 Å². The molecule has 0 radical (unpaired) electrons. The van der Waals surface area contributed by atoms with Gasteiger partial charge >= 0.3 is 5.97 Å². The predicted octanol–water partition coefficient (Wildman–Crippen LogP) is 3.03. The van der Waals surface area contributed by atoms with E-state index >= 15 is 0 Å². The van der Waals surface area contributed by atoms with E-state index in [1.807, 2.05) is 6.07 Å². The number of benzene rings is 2. The largest absolute Gasteiger partial charge is 0.480 e. The second-order valence-corrected chi connectivity index (χ2v) is 11.9. The van der Waals surface area contributed by atoms with Crippen LogP contribution in [0.25, 0.3) is 11.3 Å². The first-order chi connectivity index (χ1) is 15.1. The quantitative estimate of drug-likeness (QED) is 0.542. The highest BCUT2D eigenvalue weighted by atomic mass is 35.5. The number of sulfonamides is 1. The third-order valence-electron chi connectivity index (χ3n) is 5.45. The Bertz CT molecular complexity index is 1350. The number of carboxylic acid groups (broad SMARTS) is 1. The predicted molar refractivity (Wildman–Crippen MR) is 119 cm³/mol. The van der Waals surface area contributed by atoms with E-state index < -0.39 is 43.7 Å². The third-order valence-corrected chi connectivity index (χ3v) is 9.97. The first-order valence-corrected chi connectivity index (χ1v) is 13.0. The molecule has 168 valence electrons. The topological polar surface area (TPSA) is 125 Å². The van der Waals surface area contributed by atoms with Crippen molar-refractivity contribution in [2.24, 2.45) is 0 Å². The summed E-state index contributed by atoms with van der Waals surface area (Å²) in [7, 11) is -8.31. The van der Waals surface area contributed by atoms with Gasteiger partial charge in [-0.3, -0.25) is 4.79 Å². The Kier molecular flexibility index (Phi) is 5.89. The summed E-state index contributed by atoms with van der Waals surface area (Å²) < 4.78 is 53.5. The van der Waals surface area contributed by atoms with Gasteiger partial charge in [-0.25, -0.2) is 16.8 Å². The van der Waals surface area contributed by atoms with Crippen molar-refractivity contribution < 1.29 is 26.7 Å². The number of aromatic nitrogens is 1. The van der Waals surface area contributed by atoms with Crippen LogP contribution in [0.5, 0.6) is 0 Å². The van der Waals surface area contributed by atoms with Gasteiger partial charge in [-0.2, -0.15) is 4.31 Å². The fraction of sp³-hybridized carbons (Fsp3) is 0.190. The van der Waals surface area contributed by atoms with Crippen LogP contribution in [0.1, 0.15) is 6.42 Å². The van der Waals surface area contributed by atoms with E-state index in [9.17, 15) is 26.7 Å². The number of carboxylic acids is 1. The minimum atomic E-state index is -4.26. The lowest BCUT2D eigenvalue weighted by Crippen LogP contribution is -2.40. The summed E-state index contributed by atoms with van der Waals surface area (Å²) in [6.07, 6.45) is 1.37. The van der Waals surface area contributed by atoms with Gasteiger partial charge in [0.25, 0.3) is 0 Å². The zero-order valence-electron chi connectivity index (χ0n) is 16.5. The van der Waals surface area contributed by atoms with Crippen LogP contribution in [0.2, 0.25) is 5.02 Å². The lowest BCUT2D eigenvalue weighted by Gasteiger charge is -2.21. The number of nitrogens with zero attached hydrogens (tertiary/aromatic N) is 1. The molecule has 1 aliphatic rings. The van der Waals surface area contributed by atoms with Crippen molar-refractivity contribution in [1.82, 2.24) is 9.29 Å². The summed E-state index contributed by atoms with van der Waals surface area (Å²) in [5.74, 6) is -1.41. The summed E-state index contributed by atoms with van der Waals surface area (Å²) in [6, 6.07) is 13.9. The smallest absolute Gasteiger partial charge is 0.322 e. The molecule has 3 aromatic rings. The van der Waals surface area contributed by atoms with Crippen molar-refractivity contribution in [2.45, 2.75) is 27.5 Å². The standard InChI is InChI=1S/C21H19ClN2O6S2/c22-17-4-1-2-6-20(17)31(27,28)16-12-19(21(25)26)24(13-16)32(29,30)15-9-7-14(8-10-15)18-5-3-11-23-18/h1-11,16,19,23H,12-13H2,(H,25,26)/t16-,19+/m1/s1. The molecule has 0 saturated carbocycles. The zero-order valence-corrected chi connectivity index (χ0v) is 18.9. The van der Waals surface area contributed by atoms with E-state index in [2.05, 4.69) is 4.98 Å². The highest BCUT2D eigenvalue weighted by Gasteiger charge is 2.49. The van der Waals surface area contributed by atoms with Gasteiger partial charge in [0.2, 0.25) is 10.0 Å². The Hall–Kier alpha value is -2.66. The summed E-state index contributed by atoms with van der Waals surface area (Å²) >= 11 is 6.04. The maximum atomic E-state index is 13.3. The van der Waals surface area contributed by atoms with Crippen molar-refractivity contribution >= 4 is 37.4 Å². The van der Waals surface area contributed by atoms with E-state index in [-0.39, 0.29) is 21.2 Å². The van der Waals surface area contributed by atoms with Crippen molar-refractivity contribution in [3.63, 3.8) is 0 Å². The summed E-state index contributed by atoms with van der Waals surface area (Å²) in [4.78, 5) is 14.6. The lowest BCUT2D eigenvalue weighted by molar-refractivity contribution is -0.140. The SMILES string of the molecule is O=C(O)[C@@H]1C[C@@H](S(=O)(=O)c2ccccc2Cl)CN1S(=O)(=O)c1ccc(-c2ccc[nH]2)cc1. The van der Waals surface area contributed by atoms with Crippen LogP contribution in [0.3, 0.4) is 0 Å². The van der Waals surface area contributed by atoms with Crippen molar-refractivity contribution in [3.8, 4) is 11.3 Å². The number of halogens is 1. The number of aliphatic carboxylic acids is 1. The van der Waals surface area contributed by atoms with E-state index in [1.54, 1.807) is 30.5 Å². The monoisotopic (exact) mass is 494 g/mol. The Morgan fingerprint density at radius 2 is 1.69 bits per heavy atom. The van der Waals surface area contributed by atoms with Gasteiger partial charge in [0.1, 0.15) is 6.04 Å². The van der Waals surface area contributed by atoms with Gasteiger partial charge < -0.3 is 10.1 Å². The van der Waals surface area contributed by atoms with E-state index in [0.717, 1.165) is 15.6 Å². The lowest BCUT2D eigenvalue weighted by atomic mass is 10.2. The normalized spacial score (nSPS) is 19.8. The van der Waals surface area contributed by atoms with Gasteiger partial charge in [0.15, 0.2) is 9.84 Å². The van der Waals surface area contributed by atoms with Gasteiger partial charge in [-0.05, 0) is 48.4 Å². The molecule has 2 atom stereocenters. The van der Waals surface area contributed by atoms with Crippen molar-refractivity contribution in [3.05, 3.63) is 71.9 Å². The first kappa shape index (κ1) is 22.5. The van der Waals surface area contributed by atoms with Crippen molar-refractivity contribution in [2.75, 3.05) is 6.54 Å². The highest BCUT2D eigenvalue weighted by molar-refractivity contribution is 7.92. The Morgan fingerprint density at radius 1 is 1.00 bits per heavy atom. The molecule has 4 rings (SSSR count). The highest BCUT2D eigenvalue weighted by Crippen LogP contribution is 2.35. The summed E-state index contributed by atoms with van der Waals surface area (Å²) in [5.41, 5.74) is 1.55. The molecule has 2 aromatic carbocycles. The van der Waals surface area contributed by atoms with Crippen molar-refractivity contribution in [1.29, 1.82) is 0 Å². The molecule has 0 bridgehead atoms. The van der Waals surface area contributed by atoms with E-state index in [1.165, 1.54) is 30.3 Å². The molecule has 2 heterocycles. The third kappa shape index (κ3) is 3.95. The zero-order chi connectivity index (χ0) is 23.1. The Morgan fingerprint density at radius 3 is 2.28 bits per heavy atom. The van der Waals surface area contributed by atoms with Gasteiger partial charge in [-0.15, -0.1) is 0 Å². The molecule has 1 fully saturated rings. The number of aromatic amines is 1. The fourth-order valence-corrected chi connectivity index (χ4v) is 7.74. The van der Waals surface area contributed by atoms with Crippen LogP contribution in [0, 0.1) is 0 Å². The minimum absolute atomic E-state index is 0.000544. The molecule has 1 aliphatic heterocycles. The minimum Gasteiger partial charge on any atom is -0.480 e. The molecular weight excluding hydrogens is 476 g/mol. The van der Waals surface area contributed by atoms with Crippen LogP contribution in [0.15, 0.2) is 76.7 Å². The van der Waals surface area contributed by atoms with Crippen LogP contribution < -0.4 is 0 Å². The van der Waals surface area contributed by atoms with Gasteiger partial charge in [0.05, 0.1) is 20.1 Å². The van der Waals surface area contributed by atoms with E-state index in [0.29, 0.717) is 0 Å². The average molecular weight is 495 g/mol. The number of hydrogen-bond acceptors (Lipinski definition) is 5. The number of rotatable bonds is 6. The maximum Gasteiger partial charge on any atom is 0.322 e. The number of hydrogen-bond donors (Lipinski definition) is 2. The molecule has 8 nitrogen and oxygen atoms in total. The number of carbonyl (C=O) groups is 1. The molecular formula is C21H19ClN2O6S2. The molecule has 32 heavy (non-hydrogen) atoms. The number of H-pyrrole nitrogens is 1. The van der Waals surface area contributed by atoms with Crippen LogP contribution in [-0.4, -0.2) is 55.0 Å². The number of nitrogens with one attached hydrogen (secondary N) is 1. The first-order valence-electron chi connectivity index (χ1n) is 9.59. The van der Waals surface area contributed by atoms with Gasteiger partial charge in [0, 0.05) is 18.4 Å². The fourth-order valence-electron chi connectivity index (χ4n) is 3.79. The van der Waals surface area contributed by atoms with Crippen LogP contribution >= 0.6 is 11.6 Å². The second kappa shape index (κ2) is 8.36. The molecule has 0 aliphatic carbocycles. The average Bonchev–Trinajstić information content (AvgIpc) is 3.45. The summed E-state index contributed by atoms with van der Waals surface area (Å²) in [6.45, 7) is -0.481. The molecule has 2 N–H and O–H groups in total. The molecule has 1 saturated heterocycles. The molecule has 0 amide bonds. The maximum absolute atomic E-state index is 13.3. The Labute approximate surface area is 190 Å². The molecule has 0 spiro atoms. The second-order valence-electron chi connectivity index (χ2n) is 7.37. The Balaban J connectivity index is 1.67. The van der Waals surface area contributed by atoms with E-state index in [4.69, 9.17) is 11.6 Å². The molecule has 0 unspecified atom stereocenters.